The number of nitrogens with zero attached hydrogens (tertiary/aromatic N) is 3. The molecule has 154 valence electrons. The molecule has 1 amide bonds. The van der Waals surface area contributed by atoms with Gasteiger partial charge in [-0.3, -0.25) is 14.0 Å². The highest BCUT2D eigenvalue weighted by molar-refractivity contribution is 7.99. The van der Waals surface area contributed by atoms with Gasteiger partial charge in [-0.15, -0.1) is 0 Å². The van der Waals surface area contributed by atoms with Crippen molar-refractivity contribution in [1.82, 2.24) is 14.8 Å². The minimum absolute atomic E-state index is 0.0729. The molecular formula is C22H15ClN4O3S. The Bertz CT molecular complexity index is 1350. The quantitative estimate of drug-likeness (QED) is 0.272. The van der Waals surface area contributed by atoms with Crippen LogP contribution in [0.25, 0.3) is 5.65 Å². The Morgan fingerprint density at radius 2 is 1.84 bits per heavy atom. The van der Waals surface area contributed by atoms with Crippen LogP contribution in [0, 0.1) is 0 Å². The molecule has 2 N–H and O–H groups in total. The number of nitrogens with one attached hydrogen (secondary N) is 1. The van der Waals surface area contributed by atoms with E-state index >= 15 is 0 Å². The summed E-state index contributed by atoms with van der Waals surface area (Å²) in [5.41, 5.74) is 2.77. The lowest BCUT2D eigenvalue weighted by atomic mass is 10.2. The summed E-state index contributed by atoms with van der Waals surface area (Å²) in [7, 11) is 0. The monoisotopic (exact) mass is 450 g/mol. The van der Waals surface area contributed by atoms with E-state index in [-0.39, 0.29) is 22.4 Å². The maximum Gasteiger partial charge on any atom is 0.275 e. The van der Waals surface area contributed by atoms with Crippen molar-refractivity contribution in [3.05, 3.63) is 99.4 Å². The standard InChI is InChI=1S/C22H15ClN4O3S/c23-14-8-10-15(11-9-14)31-21-17(22(30)27-12-4-3-7-19(27)25-21)13-24-26-20(29)16-5-1-2-6-18(16)28/h1-13,28H,(H,26,29)/b24-13-. The predicted molar refractivity (Wildman–Crippen MR) is 120 cm³/mol. The van der Waals surface area contributed by atoms with Gasteiger partial charge in [0.2, 0.25) is 0 Å². The van der Waals surface area contributed by atoms with Crippen LogP contribution in [0.2, 0.25) is 5.02 Å². The minimum atomic E-state index is -0.602. The van der Waals surface area contributed by atoms with Gasteiger partial charge in [0, 0.05) is 16.1 Å². The number of phenols is 1. The molecule has 0 aliphatic carbocycles. The first-order valence-electron chi connectivity index (χ1n) is 9.09. The predicted octanol–water partition coefficient (Wildman–Crippen LogP) is 3.97. The highest BCUT2D eigenvalue weighted by Gasteiger charge is 2.14. The lowest BCUT2D eigenvalue weighted by Crippen LogP contribution is -2.23. The topological polar surface area (TPSA) is 96.1 Å². The summed E-state index contributed by atoms with van der Waals surface area (Å²) in [6.45, 7) is 0. The first-order valence-corrected chi connectivity index (χ1v) is 10.3. The van der Waals surface area contributed by atoms with Crippen molar-refractivity contribution in [2.75, 3.05) is 0 Å². The average Bonchev–Trinajstić information content (AvgIpc) is 2.77. The molecule has 0 saturated heterocycles. The minimum Gasteiger partial charge on any atom is -0.507 e. The van der Waals surface area contributed by atoms with E-state index in [0.29, 0.717) is 15.7 Å². The second kappa shape index (κ2) is 9.03. The van der Waals surface area contributed by atoms with Crippen LogP contribution in [-0.4, -0.2) is 26.6 Å². The Kier molecular flexibility index (Phi) is 6.01. The van der Waals surface area contributed by atoms with Gasteiger partial charge in [0.1, 0.15) is 16.4 Å². The van der Waals surface area contributed by atoms with E-state index in [4.69, 9.17) is 11.6 Å². The molecule has 2 aromatic heterocycles. The van der Waals surface area contributed by atoms with E-state index < -0.39 is 5.91 Å². The molecule has 0 bridgehead atoms. The van der Waals surface area contributed by atoms with Crippen molar-refractivity contribution in [3.63, 3.8) is 0 Å². The largest absolute Gasteiger partial charge is 0.507 e. The number of para-hydroxylation sites is 1. The number of benzene rings is 2. The maximum absolute atomic E-state index is 13.0. The number of hydrazone groups is 1. The van der Waals surface area contributed by atoms with Crippen molar-refractivity contribution in [3.8, 4) is 5.75 Å². The Morgan fingerprint density at radius 1 is 1.10 bits per heavy atom. The molecule has 4 aromatic rings. The Morgan fingerprint density at radius 3 is 2.61 bits per heavy atom. The van der Waals surface area contributed by atoms with Crippen LogP contribution in [0.3, 0.4) is 0 Å². The second-order valence-electron chi connectivity index (χ2n) is 6.34. The fraction of sp³-hybridized carbons (Fsp3) is 0. The summed E-state index contributed by atoms with van der Waals surface area (Å²) in [6, 6.07) is 18.5. The van der Waals surface area contributed by atoms with E-state index in [1.165, 1.54) is 34.5 Å². The number of aromatic hydroxyl groups is 1. The van der Waals surface area contributed by atoms with Gasteiger partial charge >= 0.3 is 0 Å². The van der Waals surface area contributed by atoms with Crippen molar-refractivity contribution in [1.29, 1.82) is 0 Å². The van der Waals surface area contributed by atoms with E-state index in [2.05, 4.69) is 15.5 Å². The number of carbonyl (C=O) groups excluding carboxylic acids is 1. The number of fused-ring (bicyclic) bond motifs is 1. The maximum atomic E-state index is 13.0. The third-order valence-electron chi connectivity index (χ3n) is 4.27. The van der Waals surface area contributed by atoms with E-state index in [9.17, 15) is 14.7 Å². The van der Waals surface area contributed by atoms with Gasteiger partial charge in [-0.25, -0.2) is 10.4 Å². The molecule has 7 nitrogen and oxygen atoms in total. The first kappa shape index (κ1) is 20.6. The van der Waals surface area contributed by atoms with E-state index in [1.54, 1.807) is 48.7 Å². The van der Waals surface area contributed by atoms with Crippen LogP contribution in [0.5, 0.6) is 5.75 Å². The zero-order valence-corrected chi connectivity index (χ0v) is 17.5. The van der Waals surface area contributed by atoms with Crippen molar-refractivity contribution in [2.24, 2.45) is 5.10 Å². The lowest BCUT2D eigenvalue weighted by molar-refractivity contribution is 0.0952. The smallest absolute Gasteiger partial charge is 0.275 e. The van der Waals surface area contributed by atoms with Crippen LogP contribution >= 0.6 is 23.4 Å². The molecule has 0 aliphatic rings. The molecule has 9 heteroatoms. The number of carbonyl (C=O) groups is 1. The highest BCUT2D eigenvalue weighted by atomic mass is 35.5. The summed E-state index contributed by atoms with van der Waals surface area (Å²) >= 11 is 7.23. The summed E-state index contributed by atoms with van der Waals surface area (Å²) in [5, 5.41) is 14.7. The van der Waals surface area contributed by atoms with Gasteiger partial charge in [-0.2, -0.15) is 5.10 Å². The number of amides is 1. The summed E-state index contributed by atoms with van der Waals surface area (Å²) < 4.78 is 1.40. The fourth-order valence-corrected chi connectivity index (χ4v) is 3.78. The van der Waals surface area contributed by atoms with Gasteiger partial charge in [0.25, 0.3) is 11.5 Å². The molecule has 2 heterocycles. The van der Waals surface area contributed by atoms with Crippen LogP contribution in [0.15, 0.2) is 92.7 Å². The third kappa shape index (κ3) is 4.60. The third-order valence-corrected chi connectivity index (χ3v) is 5.54. The van der Waals surface area contributed by atoms with Gasteiger partial charge in [0.15, 0.2) is 0 Å². The van der Waals surface area contributed by atoms with Crippen LogP contribution in [0.1, 0.15) is 15.9 Å². The molecule has 2 aromatic carbocycles. The number of hydrogen-bond donors (Lipinski definition) is 2. The van der Waals surface area contributed by atoms with Gasteiger partial charge in [0.05, 0.1) is 17.3 Å². The zero-order valence-electron chi connectivity index (χ0n) is 15.9. The molecule has 0 unspecified atom stereocenters. The Balaban J connectivity index is 1.69. The van der Waals surface area contributed by atoms with Crippen LogP contribution < -0.4 is 11.0 Å². The van der Waals surface area contributed by atoms with Crippen molar-refractivity contribution < 1.29 is 9.90 Å². The normalized spacial score (nSPS) is 11.1. The van der Waals surface area contributed by atoms with E-state index in [0.717, 1.165) is 4.90 Å². The van der Waals surface area contributed by atoms with Crippen molar-refractivity contribution in [2.45, 2.75) is 9.92 Å². The number of aromatic nitrogens is 2. The molecule has 0 atom stereocenters. The molecule has 4 rings (SSSR count). The molecule has 0 aliphatic heterocycles. The Hall–Kier alpha value is -3.62. The average molecular weight is 451 g/mol. The fourth-order valence-electron chi connectivity index (χ4n) is 2.77. The molecule has 0 fully saturated rings. The lowest BCUT2D eigenvalue weighted by Gasteiger charge is -2.08. The number of halogens is 1. The summed E-state index contributed by atoms with van der Waals surface area (Å²) in [4.78, 5) is 30.7. The molecule has 0 saturated carbocycles. The van der Waals surface area contributed by atoms with Crippen molar-refractivity contribution >= 4 is 41.1 Å². The van der Waals surface area contributed by atoms with Gasteiger partial charge in [-0.05, 0) is 48.5 Å². The number of hydrogen-bond acceptors (Lipinski definition) is 6. The van der Waals surface area contributed by atoms with Crippen LogP contribution in [0.4, 0.5) is 0 Å². The highest BCUT2D eigenvalue weighted by Crippen LogP contribution is 2.28. The first-order chi connectivity index (χ1) is 15.0. The zero-order chi connectivity index (χ0) is 21.8. The molecule has 0 spiro atoms. The molecule has 31 heavy (non-hydrogen) atoms. The molecule has 0 radical (unpaired) electrons. The number of pyridine rings is 1. The summed E-state index contributed by atoms with van der Waals surface area (Å²) in [5.74, 6) is -0.767. The number of phenolic OH excluding ortho intramolecular Hbond substituents is 1. The molecular weight excluding hydrogens is 436 g/mol. The van der Waals surface area contributed by atoms with Gasteiger partial charge < -0.3 is 5.11 Å². The Labute approximate surface area is 186 Å². The number of rotatable bonds is 5. The SMILES string of the molecule is O=C(N/N=C\c1c(Sc2ccc(Cl)cc2)nc2ccccn2c1=O)c1ccccc1O. The van der Waals surface area contributed by atoms with Gasteiger partial charge in [-0.1, -0.05) is 41.6 Å². The summed E-state index contributed by atoms with van der Waals surface area (Å²) in [6.07, 6.45) is 2.87. The van der Waals surface area contributed by atoms with E-state index in [1.807, 2.05) is 12.1 Å². The van der Waals surface area contributed by atoms with Crippen LogP contribution in [-0.2, 0) is 0 Å². The second-order valence-corrected chi connectivity index (χ2v) is 7.84.